The Kier molecular flexibility index (Phi) is 4.75. The average Bonchev–Trinajstić information content (AvgIpc) is 2.62. The first-order valence-electron chi connectivity index (χ1n) is 8.15. The van der Waals surface area contributed by atoms with Gasteiger partial charge >= 0.3 is 0 Å². The van der Waals surface area contributed by atoms with Crippen molar-refractivity contribution in [3.8, 4) is 0 Å². The van der Waals surface area contributed by atoms with E-state index >= 15 is 0 Å². The minimum atomic E-state index is -0.356. The van der Waals surface area contributed by atoms with Gasteiger partial charge in [-0.1, -0.05) is 36.4 Å². The summed E-state index contributed by atoms with van der Waals surface area (Å²) in [5.74, 6) is -0.709. The summed E-state index contributed by atoms with van der Waals surface area (Å²) >= 11 is 0. The van der Waals surface area contributed by atoms with Crippen LogP contribution >= 0.6 is 0 Å². The van der Waals surface area contributed by atoms with Crippen LogP contribution in [0.25, 0.3) is 10.8 Å². The number of aromatic nitrogens is 1. The Morgan fingerprint density at radius 2 is 1.72 bits per heavy atom. The number of rotatable bonds is 4. The molecule has 0 saturated carbocycles. The lowest BCUT2D eigenvalue weighted by atomic mass is 10.1. The third kappa shape index (κ3) is 3.50. The molecule has 0 spiro atoms. The van der Waals surface area contributed by atoms with E-state index in [1.165, 1.54) is 0 Å². The summed E-state index contributed by atoms with van der Waals surface area (Å²) < 4.78 is 0. The van der Waals surface area contributed by atoms with Gasteiger partial charge in [0.2, 0.25) is 0 Å². The summed E-state index contributed by atoms with van der Waals surface area (Å²) in [5.41, 5.74) is 1.78. The predicted molar refractivity (Wildman–Crippen MR) is 98.9 cm³/mol. The van der Waals surface area contributed by atoms with E-state index < -0.39 is 0 Å². The van der Waals surface area contributed by atoms with Gasteiger partial charge in [-0.15, -0.1) is 0 Å². The molecule has 5 nitrogen and oxygen atoms in total. The Hall–Kier alpha value is -3.21. The van der Waals surface area contributed by atoms with Crippen molar-refractivity contribution in [1.29, 1.82) is 0 Å². The first-order chi connectivity index (χ1) is 12.1. The van der Waals surface area contributed by atoms with Crippen LogP contribution in [0.1, 0.15) is 33.5 Å². The molecule has 5 heteroatoms. The van der Waals surface area contributed by atoms with Crippen LogP contribution in [0.5, 0.6) is 0 Å². The van der Waals surface area contributed by atoms with E-state index in [0.29, 0.717) is 17.9 Å². The van der Waals surface area contributed by atoms with Crippen LogP contribution in [0.2, 0.25) is 0 Å². The van der Waals surface area contributed by atoms with Gasteiger partial charge in [0, 0.05) is 23.3 Å². The van der Waals surface area contributed by atoms with E-state index in [1.807, 2.05) is 49.4 Å². The molecule has 0 bridgehead atoms. The molecule has 0 aliphatic rings. The highest BCUT2D eigenvalue weighted by atomic mass is 16.2. The van der Waals surface area contributed by atoms with E-state index in [0.717, 1.165) is 10.8 Å². The molecule has 25 heavy (non-hydrogen) atoms. The van der Waals surface area contributed by atoms with Crippen LogP contribution in [-0.4, -0.2) is 23.3 Å². The lowest BCUT2D eigenvalue weighted by Gasteiger charge is -2.12. The van der Waals surface area contributed by atoms with Crippen LogP contribution in [0.3, 0.4) is 0 Å². The number of hydrogen-bond acceptors (Lipinski definition) is 3. The summed E-state index contributed by atoms with van der Waals surface area (Å²) in [5, 5.41) is 7.57. The Morgan fingerprint density at radius 1 is 0.960 bits per heavy atom. The zero-order valence-electron chi connectivity index (χ0n) is 14.2. The number of amides is 2. The molecule has 0 aliphatic carbocycles. The number of aryl methyl sites for hydroxylation is 1. The number of fused-ring (bicyclic) bond motifs is 1. The van der Waals surface area contributed by atoms with Gasteiger partial charge in [-0.05, 0) is 37.4 Å². The Labute approximate surface area is 146 Å². The maximum atomic E-state index is 12.8. The minimum absolute atomic E-state index is 0.139. The highest BCUT2D eigenvalue weighted by molar-refractivity contribution is 6.13. The van der Waals surface area contributed by atoms with Crippen molar-refractivity contribution in [2.24, 2.45) is 0 Å². The Balaban J connectivity index is 1.97. The van der Waals surface area contributed by atoms with Gasteiger partial charge in [0.25, 0.3) is 11.8 Å². The molecule has 0 atom stereocenters. The molecule has 0 radical (unpaired) electrons. The fraction of sp³-hybridized carbons (Fsp3) is 0.150. The maximum Gasteiger partial charge on any atom is 0.270 e. The molecule has 1 aromatic heterocycles. The Morgan fingerprint density at radius 3 is 2.52 bits per heavy atom. The molecule has 3 rings (SSSR count). The first kappa shape index (κ1) is 16.6. The maximum absolute atomic E-state index is 12.8. The largest absolute Gasteiger partial charge is 0.351 e. The second kappa shape index (κ2) is 7.13. The number of carbonyl (C=O) groups excluding carboxylic acids is 2. The summed E-state index contributed by atoms with van der Waals surface area (Å²) in [6, 6.07) is 16.9. The summed E-state index contributed by atoms with van der Waals surface area (Å²) in [4.78, 5) is 29.2. The number of hydrogen-bond donors (Lipinski definition) is 2. The first-order valence-corrected chi connectivity index (χ1v) is 8.15. The summed E-state index contributed by atoms with van der Waals surface area (Å²) in [6.07, 6.45) is 0. The molecule has 0 saturated heterocycles. The molecule has 1 heterocycles. The highest BCUT2D eigenvalue weighted by Crippen LogP contribution is 2.23. The Bertz CT molecular complexity index is 945. The van der Waals surface area contributed by atoms with E-state index in [2.05, 4.69) is 15.6 Å². The van der Waals surface area contributed by atoms with E-state index in [9.17, 15) is 9.59 Å². The molecule has 126 valence electrons. The van der Waals surface area contributed by atoms with Crippen molar-refractivity contribution < 1.29 is 9.59 Å². The number of anilines is 1. The van der Waals surface area contributed by atoms with Crippen LogP contribution in [0, 0.1) is 6.92 Å². The molecule has 0 fully saturated rings. The van der Waals surface area contributed by atoms with Gasteiger partial charge in [0.15, 0.2) is 0 Å². The van der Waals surface area contributed by atoms with Gasteiger partial charge in [-0.2, -0.15) is 0 Å². The van der Waals surface area contributed by atoms with E-state index in [1.54, 1.807) is 19.1 Å². The zero-order valence-corrected chi connectivity index (χ0v) is 14.2. The van der Waals surface area contributed by atoms with Gasteiger partial charge in [0.1, 0.15) is 5.69 Å². The smallest absolute Gasteiger partial charge is 0.270 e. The fourth-order valence-electron chi connectivity index (χ4n) is 2.68. The van der Waals surface area contributed by atoms with Crippen LogP contribution < -0.4 is 10.6 Å². The molecule has 0 aliphatic heterocycles. The molecule has 2 amide bonds. The predicted octanol–water partition coefficient (Wildman–Crippen LogP) is 3.55. The monoisotopic (exact) mass is 333 g/mol. The van der Waals surface area contributed by atoms with Crippen molar-refractivity contribution in [2.75, 3.05) is 11.9 Å². The normalized spacial score (nSPS) is 10.5. The lowest BCUT2D eigenvalue weighted by molar-refractivity contribution is 0.0937. The molecule has 2 N–H and O–H groups in total. The number of pyridine rings is 1. The zero-order chi connectivity index (χ0) is 17.8. The summed E-state index contributed by atoms with van der Waals surface area (Å²) in [6.45, 7) is 4.08. The standard InChI is InChI=1S/C20H19N3O2/c1-3-21-20(25)18-16(12-11-13(2)22-18)19(24)23-17-10-6-8-14-7-4-5-9-15(14)17/h4-12H,3H2,1-2H3,(H,21,25)(H,23,24). The topological polar surface area (TPSA) is 71.1 Å². The number of benzene rings is 2. The van der Waals surface area contributed by atoms with Gasteiger partial charge in [-0.25, -0.2) is 4.98 Å². The van der Waals surface area contributed by atoms with Crippen molar-refractivity contribution in [3.05, 3.63) is 71.5 Å². The third-order valence-corrected chi connectivity index (χ3v) is 3.87. The SMILES string of the molecule is CCNC(=O)c1nc(C)ccc1C(=O)Nc1cccc2ccccc12. The molecular formula is C20H19N3O2. The number of carbonyl (C=O) groups is 2. The molecule has 0 unspecified atom stereocenters. The van der Waals surface area contributed by atoms with Crippen molar-refractivity contribution in [1.82, 2.24) is 10.3 Å². The van der Waals surface area contributed by atoms with Crippen molar-refractivity contribution in [2.45, 2.75) is 13.8 Å². The van der Waals surface area contributed by atoms with Gasteiger partial charge in [-0.3, -0.25) is 9.59 Å². The average molecular weight is 333 g/mol. The van der Waals surface area contributed by atoms with Crippen LogP contribution in [0.15, 0.2) is 54.6 Å². The van der Waals surface area contributed by atoms with Crippen LogP contribution in [0.4, 0.5) is 5.69 Å². The third-order valence-electron chi connectivity index (χ3n) is 3.87. The quantitative estimate of drug-likeness (QED) is 0.767. The second-order valence-electron chi connectivity index (χ2n) is 5.69. The van der Waals surface area contributed by atoms with Gasteiger partial charge < -0.3 is 10.6 Å². The molecular weight excluding hydrogens is 314 g/mol. The minimum Gasteiger partial charge on any atom is -0.351 e. The highest BCUT2D eigenvalue weighted by Gasteiger charge is 2.19. The number of nitrogens with one attached hydrogen (secondary N) is 2. The summed E-state index contributed by atoms with van der Waals surface area (Å²) in [7, 11) is 0. The van der Waals surface area contributed by atoms with Gasteiger partial charge in [0.05, 0.1) is 5.56 Å². The van der Waals surface area contributed by atoms with E-state index in [-0.39, 0.29) is 23.1 Å². The van der Waals surface area contributed by atoms with Crippen LogP contribution in [-0.2, 0) is 0 Å². The molecule has 3 aromatic rings. The molecule has 2 aromatic carbocycles. The van der Waals surface area contributed by atoms with Crippen molar-refractivity contribution in [3.63, 3.8) is 0 Å². The lowest BCUT2D eigenvalue weighted by Crippen LogP contribution is -2.27. The van der Waals surface area contributed by atoms with E-state index in [4.69, 9.17) is 0 Å². The second-order valence-corrected chi connectivity index (χ2v) is 5.69. The number of nitrogens with zero attached hydrogens (tertiary/aromatic N) is 1. The van der Waals surface area contributed by atoms with Crippen molar-refractivity contribution >= 4 is 28.3 Å². The fourth-order valence-corrected chi connectivity index (χ4v) is 2.68.